The van der Waals surface area contributed by atoms with E-state index in [4.69, 9.17) is 27.9 Å². The van der Waals surface area contributed by atoms with Gasteiger partial charge in [0.2, 0.25) is 17.6 Å². The SMILES string of the molecule is COc1ccc(O)c([C@H]2C3=CC[C@@H]4C(=O)N(c5ccc(C(C)=O)cc5)C(=O)[C@@H]4[C@@H]3C[C@@]3(Cl)C(=O)N(c4c(F)c(F)c(F)c(F)c4F)C(=O)[C@@]23Cl)c1. The number of ether oxygens (including phenoxy) is 1. The van der Waals surface area contributed by atoms with Gasteiger partial charge in [-0.2, -0.15) is 0 Å². The first-order chi connectivity index (χ1) is 24.0. The standard InChI is InChI=1S/C35H23Cl2F5N2O7/c1-13(45)14-3-5-15(6-4-14)43-30(47)18-9-8-17-20(22(18)31(43)48)12-34(36)32(49)44(29-27(41)25(39)24(38)26(40)28(29)42)33(50)35(34,37)23(17)19-11-16(51-2)7-10-21(19)46/h3-8,10-11,18,20,22-23,46H,9,12H2,1-2H3/t18-,20+,22-,23+,34+,35-/m0/s1. The van der Waals surface area contributed by atoms with Crippen LogP contribution in [0.1, 0.15) is 41.6 Å². The lowest BCUT2D eigenvalue weighted by Gasteiger charge is -2.50. The fourth-order valence-corrected chi connectivity index (χ4v) is 8.83. The van der Waals surface area contributed by atoms with Crippen LogP contribution in [0.4, 0.5) is 33.3 Å². The van der Waals surface area contributed by atoms with Gasteiger partial charge in [-0.3, -0.25) is 28.9 Å². The molecule has 0 aromatic heterocycles. The molecule has 1 saturated carbocycles. The van der Waals surface area contributed by atoms with Crippen molar-refractivity contribution >= 4 is 64.0 Å². The molecule has 2 aliphatic heterocycles. The number of methoxy groups -OCH3 is 1. The maximum absolute atomic E-state index is 15.2. The van der Waals surface area contributed by atoms with E-state index in [-0.39, 0.29) is 39.7 Å². The highest BCUT2D eigenvalue weighted by Crippen LogP contribution is 2.67. The molecular formula is C35H23Cl2F5N2O7. The smallest absolute Gasteiger partial charge is 0.258 e. The maximum Gasteiger partial charge on any atom is 0.258 e. The van der Waals surface area contributed by atoms with Crippen molar-refractivity contribution in [3.05, 3.63) is 94.3 Å². The van der Waals surface area contributed by atoms with Crippen molar-refractivity contribution in [3.8, 4) is 11.5 Å². The molecule has 2 saturated heterocycles. The molecule has 0 unspecified atom stereocenters. The molecule has 9 nitrogen and oxygen atoms in total. The molecule has 2 heterocycles. The number of carbonyl (C=O) groups is 5. The highest BCUT2D eigenvalue weighted by Gasteiger charge is 2.77. The zero-order chi connectivity index (χ0) is 37.1. The van der Waals surface area contributed by atoms with Crippen LogP contribution < -0.4 is 14.5 Å². The summed E-state index contributed by atoms with van der Waals surface area (Å²) in [7, 11) is 1.28. The molecule has 0 spiro atoms. The second kappa shape index (κ2) is 11.6. The molecule has 264 valence electrons. The summed E-state index contributed by atoms with van der Waals surface area (Å²) in [5, 5.41) is 11.1. The summed E-state index contributed by atoms with van der Waals surface area (Å²) < 4.78 is 78.6. The van der Waals surface area contributed by atoms with Crippen molar-refractivity contribution in [2.24, 2.45) is 17.8 Å². The number of hydrogen-bond donors (Lipinski definition) is 1. The number of aromatic hydroxyl groups is 1. The van der Waals surface area contributed by atoms with Gasteiger partial charge in [-0.05, 0) is 68.1 Å². The molecule has 7 rings (SSSR count). The number of Topliss-reactive ketones (excluding diaryl/α,β-unsaturated/α-hetero) is 1. The van der Waals surface area contributed by atoms with E-state index in [0.717, 1.165) is 4.90 Å². The quantitative estimate of drug-likeness (QED) is 0.0640. The van der Waals surface area contributed by atoms with E-state index in [1.165, 1.54) is 62.6 Å². The average Bonchev–Trinajstić information content (AvgIpc) is 3.45. The third kappa shape index (κ3) is 4.48. The lowest BCUT2D eigenvalue weighted by Crippen LogP contribution is -2.60. The number of alkyl halides is 2. The first-order valence-corrected chi connectivity index (χ1v) is 16.1. The first-order valence-electron chi connectivity index (χ1n) is 15.3. The number of allylic oxidation sites excluding steroid dienone is 2. The van der Waals surface area contributed by atoms with Gasteiger partial charge in [0.15, 0.2) is 38.8 Å². The number of benzene rings is 3. The number of hydrogen-bond acceptors (Lipinski definition) is 7. The predicted molar refractivity (Wildman–Crippen MR) is 170 cm³/mol. The van der Waals surface area contributed by atoms with Gasteiger partial charge in [0, 0.05) is 17.0 Å². The molecule has 3 aromatic rings. The molecule has 1 N–H and O–H groups in total. The van der Waals surface area contributed by atoms with Crippen molar-refractivity contribution in [2.45, 2.75) is 35.4 Å². The second-order valence-corrected chi connectivity index (χ2v) is 14.0. The number of phenols is 1. The third-order valence-electron chi connectivity index (χ3n) is 10.3. The van der Waals surface area contributed by atoms with Crippen LogP contribution in [-0.4, -0.2) is 51.4 Å². The van der Waals surface area contributed by atoms with Crippen LogP contribution in [0.3, 0.4) is 0 Å². The normalized spacial score (nSPS) is 28.5. The van der Waals surface area contributed by atoms with Crippen molar-refractivity contribution in [2.75, 3.05) is 16.9 Å². The van der Waals surface area contributed by atoms with Crippen LogP contribution in [0.5, 0.6) is 11.5 Å². The molecule has 3 fully saturated rings. The number of halogens is 7. The van der Waals surface area contributed by atoms with E-state index >= 15 is 8.78 Å². The molecule has 0 bridgehead atoms. The summed E-state index contributed by atoms with van der Waals surface area (Å²) in [5.74, 6) is -22.9. The Morgan fingerprint density at radius 3 is 2.04 bits per heavy atom. The number of phenolic OH excluding ortho intramolecular Hbond substituents is 1. The molecule has 2 aliphatic carbocycles. The number of amides is 4. The molecule has 51 heavy (non-hydrogen) atoms. The number of anilines is 2. The summed E-state index contributed by atoms with van der Waals surface area (Å²) in [6.45, 7) is 1.34. The van der Waals surface area contributed by atoms with Crippen LogP contribution in [0.25, 0.3) is 0 Å². The fourth-order valence-electron chi connectivity index (χ4n) is 7.90. The van der Waals surface area contributed by atoms with E-state index in [0.29, 0.717) is 5.56 Å². The molecule has 6 atom stereocenters. The van der Waals surface area contributed by atoms with E-state index in [1.807, 2.05) is 0 Å². The highest BCUT2D eigenvalue weighted by atomic mass is 35.5. The fraction of sp³-hybridized carbons (Fsp3) is 0.286. The Morgan fingerprint density at radius 2 is 1.45 bits per heavy atom. The molecule has 0 radical (unpaired) electrons. The molecule has 3 aromatic carbocycles. The Hall–Kier alpha value is -4.82. The number of fused-ring (bicyclic) bond motifs is 4. The average molecular weight is 749 g/mol. The van der Waals surface area contributed by atoms with Gasteiger partial charge in [-0.25, -0.2) is 26.9 Å². The predicted octanol–water partition coefficient (Wildman–Crippen LogP) is 6.07. The van der Waals surface area contributed by atoms with Crippen LogP contribution in [-0.2, 0) is 19.2 Å². The van der Waals surface area contributed by atoms with Crippen molar-refractivity contribution in [3.63, 3.8) is 0 Å². The minimum absolute atomic E-state index is 0.101. The van der Waals surface area contributed by atoms with Gasteiger partial charge in [0.1, 0.15) is 17.2 Å². The summed E-state index contributed by atoms with van der Waals surface area (Å²) >= 11 is 14.2. The Bertz CT molecular complexity index is 2140. The second-order valence-electron chi connectivity index (χ2n) is 12.7. The summed E-state index contributed by atoms with van der Waals surface area (Å²) in [6, 6.07) is 9.43. The summed E-state index contributed by atoms with van der Waals surface area (Å²) in [6.07, 6.45) is 0.692. The van der Waals surface area contributed by atoms with Gasteiger partial charge >= 0.3 is 0 Å². The van der Waals surface area contributed by atoms with E-state index in [9.17, 15) is 42.3 Å². The molecule has 16 heteroatoms. The summed E-state index contributed by atoms with van der Waals surface area (Å²) in [5.41, 5.74) is -1.48. The topological polar surface area (TPSA) is 121 Å². The Kier molecular flexibility index (Phi) is 7.88. The number of nitrogens with zero attached hydrogens (tertiary/aromatic N) is 2. The Balaban J connectivity index is 1.42. The Labute approximate surface area is 295 Å². The molecule has 4 amide bonds. The first kappa shape index (κ1) is 34.6. The van der Waals surface area contributed by atoms with Gasteiger partial charge in [0.25, 0.3) is 11.8 Å². The van der Waals surface area contributed by atoms with Crippen LogP contribution in [0.15, 0.2) is 54.1 Å². The van der Waals surface area contributed by atoms with Gasteiger partial charge < -0.3 is 9.84 Å². The van der Waals surface area contributed by atoms with Crippen molar-refractivity contribution in [1.82, 2.24) is 0 Å². The zero-order valence-corrected chi connectivity index (χ0v) is 27.8. The van der Waals surface area contributed by atoms with Crippen LogP contribution in [0, 0.1) is 46.8 Å². The lowest BCUT2D eigenvalue weighted by atomic mass is 9.56. The third-order valence-corrected chi connectivity index (χ3v) is 11.7. The van der Waals surface area contributed by atoms with E-state index in [2.05, 4.69) is 0 Å². The minimum Gasteiger partial charge on any atom is -0.508 e. The van der Waals surface area contributed by atoms with Crippen molar-refractivity contribution < 1.29 is 55.8 Å². The largest absolute Gasteiger partial charge is 0.508 e. The van der Waals surface area contributed by atoms with Gasteiger partial charge in [0.05, 0.1) is 24.6 Å². The lowest BCUT2D eigenvalue weighted by molar-refractivity contribution is -0.125. The van der Waals surface area contributed by atoms with Crippen molar-refractivity contribution in [1.29, 1.82) is 0 Å². The Morgan fingerprint density at radius 1 is 0.843 bits per heavy atom. The molecular weight excluding hydrogens is 726 g/mol. The van der Waals surface area contributed by atoms with Gasteiger partial charge in [-0.15, -0.1) is 23.2 Å². The highest BCUT2D eigenvalue weighted by molar-refractivity contribution is 6.58. The van der Waals surface area contributed by atoms with Crippen LogP contribution in [0.2, 0.25) is 0 Å². The number of rotatable bonds is 5. The van der Waals surface area contributed by atoms with E-state index in [1.54, 1.807) is 0 Å². The summed E-state index contributed by atoms with van der Waals surface area (Å²) in [4.78, 5) is 63.6. The number of imide groups is 2. The zero-order valence-electron chi connectivity index (χ0n) is 26.3. The van der Waals surface area contributed by atoms with Gasteiger partial charge in [-0.1, -0.05) is 11.6 Å². The monoisotopic (exact) mass is 748 g/mol. The maximum atomic E-state index is 15.2. The van der Waals surface area contributed by atoms with Crippen LogP contribution >= 0.6 is 23.2 Å². The number of carbonyl (C=O) groups excluding carboxylic acids is 5. The number of ketones is 1. The molecule has 4 aliphatic rings. The minimum atomic E-state index is -2.81. The van der Waals surface area contributed by atoms with E-state index < -0.39 is 104 Å².